The van der Waals surface area contributed by atoms with Crippen molar-refractivity contribution in [2.75, 3.05) is 13.2 Å². The van der Waals surface area contributed by atoms with Crippen molar-refractivity contribution >= 4 is 5.91 Å². The maximum Gasteiger partial charge on any atom is 0.220 e. The van der Waals surface area contributed by atoms with Crippen LogP contribution in [-0.4, -0.2) is 87.5 Å². The Labute approximate surface area is 459 Å². The molecule has 6 N–H and O–H groups in total. The van der Waals surface area contributed by atoms with E-state index in [0.29, 0.717) is 6.42 Å². The highest BCUT2D eigenvalue weighted by Crippen LogP contribution is 2.23. The van der Waals surface area contributed by atoms with Gasteiger partial charge in [-0.3, -0.25) is 4.79 Å². The number of nitrogens with one attached hydrogen (secondary N) is 1. The van der Waals surface area contributed by atoms with E-state index < -0.39 is 49.5 Å². The molecule has 0 bridgehead atoms. The minimum absolute atomic E-state index is 0.194. The summed E-state index contributed by atoms with van der Waals surface area (Å²) in [5.41, 5.74) is 0. The zero-order valence-electron chi connectivity index (χ0n) is 47.8. The molecule has 7 atom stereocenters. The zero-order chi connectivity index (χ0) is 54.3. The molecule has 0 saturated carbocycles. The average molecular weight is 1050 g/mol. The summed E-state index contributed by atoms with van der Waals surface area (Å²) >= 11 is 0. The highest BCUT2D eigenvalue weighted by atomic mass is 16.7. The number of aliphatic hydroxyl groups is 5. The SMILES string of the molecule is CC/C=C\C/C=C\C/C=C\C/C=C\C/C=C\C/C=C\C/C=C\C/C=C\CCCCCCCCC(=O)NC(COC1OC(CO)C(O)C(O)C1O)C(O)/C=C/CCCCCCCCCCCCCCCCCCCCC. The van der Waals surface area contributed by atoms with Gasteiger partial charge >= 0.3 is 0 Å². The van der Waals surface area contributed by atoms with Crippen molar-refractivity contribution in [1.82, 2.24) is 5.32 Å². The van der Waals surface area contributed by atoms with Crippen molar-refractivity contribution in [3.63, 3.8) is 0 Å². The summed E-state index contributed by atoms with van der Waals surface area (Å²) in [6.07, 6.45) is 72.9. The van der Waals surface area contributed by atoms with Gasteiger partial charge in [0.05, 0.1) is 25.4 Å². The van der Waals surface area contributed by atoms with Crippen LogP contribution in [0.1, 0.15) is 245 Å². The molecule has 9 nitrogen and oxygen atoms in total. The van der Waals surface area contributed by atoms with Gasteiger partial charge in [0.25, 0.3) is 0 Å². The summed E-state index contributed by atoms with van der Waals surface area (Å²) < 4.78 is 11.3. The molecule has 0 radical (unpaired) electrons. The van der Waals surface area contributed by atoms with Crippen LogP contribution in [0.4, 0.5) is 0 Å². The molecule has 1 aliphatic rings. The second kappa shape index (κ2) is 54.2. The maximum absolute atomic E-state index is 13.1. The van der Waals surface area contributed by atoms with Crippen LogP contribution in [0.3, 0.4) is 0 Å². The molecular formula is C66H113NO8. The fourth-order valence-corrected chi connectivity index (χ4v) is 9.06. The third-order valence-electron chi connectivity index (χ3n) is 13.9. The molecule has 1 amide bonds. The fourth-order valence-electron chi connectivity index (χ4n) is 9.06. The number of hydrogen-bond acceptors (Lipinski definition) is 8. The van der Waals surface area contributed by atoms with Gasteiger partial charge in [0.15, 0.2) is 6.29 Å². The number of ether oxygens (including phenoxy) is 2. The van der Waals surface area contributed by atoms with Crippen LogP contribution >= 0.6 is 0 Å². The lowest BCUT2D eigenvalue weighted by Gasteiger charge is -2.40. The van der Waals surface area contributed by atoms with Gasteiger partial charge in [0.1, 0.15) is 24.4 Å². The van der Waals surface area contributed by atoms with E-state index >= 15 is 0 Å². The lowest BCUT2D eigenvalue weighted by molar-refractivity contribution is -0.302. The van der Waals surface area contributed by atoms with Gasteiger partial charge in [-0.05, 0) is 83.5 Å². The number of carbonyl (C=O) groups excluding carboxylic acids is 1. The Balaban J connectivity index is 2.24. The lowest BCUT2D eigenvalue weighted by atomic mass is 9.99. The first-order chi connectivity index (χ1) is 36.8. The maximum atomic E-state index is 13.1. The average Bonchev–Trinajstić information content (AvgIpc) is 3.41. The van der Waals surface area contributed by atoms with Crippen LogP contribution in [-0.2, 0) is 14.3 Å². The molecular weight excluding hydrogens is 935 g/mol. The zero-order valence-corrected chi connectivity index (χ0v) is 47.8. The number of carbonyl (C=O) groups is 1. The summed E-state index contributed by atoms with van der Waals surface area (Å²) in [5.74, 6) is -0.194. The van der Waals surface area contributed by atoms with Gasteiger partial charge in [-0.1, -0.05) is 264 Å². The predicted octanol–water partition coefficient (Wildman–Crippen LogP) is 15.7. The lowest BCUT2D eigenvalue weighted by Crippen LogP contribution is -2.60. The Morgan fingerprint density at radius 3 is 1.23 bits per heavy atom. The number of aliphatic hydroxyl groups excluding tert-OH is 5. The molecule has 0 aromatic heterocycles. The topological polar surface area (TPSA) is 149 Å². The minimum Gasteiger partial charge on any atom is -0.394 e. The standard InChI is InChI=1S/C66H113NO8/c1-3-5-7-9-11-13-15-17-19-21-23-25-26-27-28-29-30-31-32-33-34-36-38-40-42-44-46-48-50-52-54-56-62(70)67-59(58-74-66-65(73)64(72)63(71)61(57-68)75-66)60(69)55-53-51-49-47-45-43-41-39-37-35-24-22-20-18-16-14-12-10-8-6-4-2/h5,7,11,13,17,19,23,25,27-28,30-31,33-34,38,40,53,55,59-61,63-66,68-69,71-73H,3-4,6,8-10,12,14-16,18,20-22,24,26,29,32,35-37,39,41-52,54,56-58H2,1-2H3,(H,67,70)/b7-5-,13-11-,19-17-,25-23-,28-27-,31-30-,34-33-,40-38-,55-53+. The van der Waals surface area contributed by atoms with Crippen LogP contribution in [0.15, 0.2) is 109 Å². The summed E-state index contributed by atoms with van der Waals surface area (Å²) in [4.78, 5) is 13.1. The molecule has 1 fully saturated rings. The van der Waals surface area contributed by atoms with Gasteiger partial charge in [-0.15, -0.1) is 0 Å². The van der Waals surface area contributed by atoms with Crippen molar-refractivity contribution in [1.29, 1.82) is 0 Å². The van der Waals surface area contributed by atoms with Gasteiger partial charge in [0.2, 0.25) is 5.91 Å². The van der Waals surface area contributed by atoms with E-state index in [2.05, 4.69) is 116 Å². The second-order valence-corrected chi connectivity index (χ2v) is 20.8. The first-order valence-corrected chi connectivity index (χ1v) is 30.6. The van der Waals surface area contributed by atoms with E-state index in [9.17, 15) is 30.3 Å². The molecule has 0 aromatic carbocycles. The highest BCUT2D eigenvalue weighted by molar-refractivity contribution is 5.76. The van der Waals surface area contributed by atoms with E-state index in [1.165, 1.54) is 109 Å². The van der Waals surface area contributed by atoms with Crippen LogP contribution in [0.2, 0.25) is 0 Å². The molecule has 75 heavy (non-hydrogen) atoms. The first kappa shape index (κ1) is 69.9. The van der Waals surface area contributed by atoms with Gasteiger partial charge in [-0.25, -0.2) is 0 Å². The highest BCUT2D eigenvalue weighted by Gasteiger charge is 2.44. The molecule has 0 spiro atoms. The Hall–Kier alpha value is -3.15. The van der Waals surface area contributed by atoms with E-state index in [1.54, 1.807) is 6.08 Å². The number of allylic oxidation sites excluding steroid dienone is 17. The van der Waals surface area contributed by atoms with E-state index in [1.807, 2.05) is 6.08 Å². The largest absolute Gasteiger partial charge is 0.394 e. The van der Waals surface area contributed by atoms with Crippen LogP contribution < -0.4 is 5.32 Å². The molecule has 1 rings (SSSR count). The molecule has 1 heterocycles. The van der Waals surface area contributed by atoms with Gasteiger partial charge < -0.3 is 40.3 Å². The smallest absolute Gasteiger partial charge is 0.220 e. The molecule has 1 saturated heterocycles. The van der Waals surface area contributed by atoms with E-state index in [4.69, 9.17) is 9.47 Å². The van der Waals surface area contributed by atoms with Crippen molar-refractivity contribution in [3.8, 4) is 0 Å². The van der Waals surface area contributed by atoms with Crippen molar-refractivity contribution in [2.45, 2.75) is 288 Å². The van der Waals surface area contributed by atoms with Crippen molar-refractivity contribution in [2.24, 2.45) is 0 Å². The molecule has 1 aliphatic heterocycles. The number of amides is 1. The van der Waals surface area contributed by atoms with Crippen LogP contribution in [0.25, 0.3) is 0 Å². The number of unbranched alkanes of at least 4 members (excludes halogenated alkanes) is 25. The van der Waals surface area contributed by atoms with Crippen molar-refractivity contribution < 1.29 is 39.8 Å². The summed E-state index contributed by atoms with van der Waals surface area (Å²) in [5, 5.41) is 54.6. The quantitative estimate of drug-likeness (QED) is 0.0261. The minimum atomic E-state index is -1.58. The second-order valence-electron chi connectivity index (χ2n) is 20.8. The normalized spacial score (nSPS) is 19.7. The molecule has 0 aliphatic carbocycles. The van der Waals surface area contributed by atoms with Gasteiger partial charge in [0, 0.05) is 6.42 Å². The third-order valence-corrected chi connectivity index (χ3v) is 13.9. The summed E-state index contributed by atoms with van der Waals surface area (Å²) in [6.45, 7) is 3.67. The van der Waals surface area contributed by atoms with E-state index in [-0.39, 0.29) is 12.5 Å². The summed E-state index contributed by atoms with van der Waals surface area (Å²) in [7, 11) is 0. The third kappa shape index (κ3) is 43.5. The molecule has 0 aromatic rings. The van der Waals surface area contributed by atoms with Gasteiger partial charge in [-0.2, -0.15) is 0 Å². The number of rotatable bonds is 51. The van der Waals surface area contributed by atoms with Crippen molar-refractivity contribution in [3.05, 3.63) is 109 Å². The first-order valence-electron chi connectivity index (χ1n) is 30.6. The molecule has 9 heteroatoms. The van der Waals surface area contributed by atoms with Crippen LogP contribution in [0.5, 0.6) is 0 Å². The summed E-state index contributed by atoms with van der Waals surface area (Å²) in [6, 6.07) is -0.822. The fraction of sp³-hybridized carbons (Fsp3) is 0.712. The Bertz CT molecular complexity index is 1540. The monoisotopic (exact) mass is 1050 g/mol. The Morgan fingerprint density at radius 1 is 0.467 bits per heavy atom. The number of hydrogen-bond donors (Lipinski definition) is 6. The van der Waals surface area contributed by atoms with E-state index in [0.717, 1.165) is 116 Å². The Morgan fingerprint density at radius 2 is 0.827 bits per heavy atom. The molecule has 7 unspecified atom stereocenters. The molecule has 430 valence electrons. The Kier molecular flexibility index (Phi) is 50.5. The van der Waals surface area contributed by atoms with Crippen LogP contribution in [0, 0.1) is 0 Å². The predicted molar refractivity (Wildman–Crippen MR) is 317 cm³/mol.